The lowest BCUT2D eigenvalue weighted by Gasteiger charge is -2.12. The summed E-state index contributed by atoms with van der Waals surface area (Å²) in [6.45, 7) is 9.73. The molecular weight excluding hydrogens is 489 g/mol. The molecule has 2 N–H and O–H groups in total. The summed E-state index contributed by atoms with van der Waals surface area (Å²) in [7, 11) is 0. The number of amides is 1. The number of hydrogen-bond donors (Lipinski definition) is 2. The number of halogens is 3. The molecule has 0 bridgehead atoms. The number of carboxylic acids is 1. The third-order valence-electron chi connectivity index (χ3n) is 4.85. The zero-order valence-electron chi connectivity index (χ0n) is 21.9. The first-order valence-electron chi connectivity index (χ1n) is 12.2. The van der Waals surface area contributed by atoms with E-state index in [2.05, 4.69) is 10.5 Å². The molecule has 1 heterocycles. The summed E-state index contributed by atoms with van der Waals surface area (Å²) in [5.41, 5.74) is 1.80. The molecule has 1 aromatic heterocycles. The minimum absolute atomic E-state index is 0.0705. The largest absolute Gasteiger partial charge is 0.493 e. The lowest BCUT2D eigenvalue weighted by atomic mass is 10.0. The molecule has 37 heavy (non-hydrogen) atoms. The standard InChI is InChI=1S/C23H25F3N2O3.C2H4O2.C2H6/c1-3-6-17-19(11-10-18-21(17)31-28-22(18)23(24,25)26)30-12-5-9-20(29)27-14-16-8-4-7-15(2)13-16;1-2(3)4;1-2/h4,7-8,10-11,13H,3,5-6,9,12,14H2,1-2H3,(H,27,29);1H3,(H,3,4);1-2H3. The average Bonchev–Trinajstić information content (AvgIpc) is 3.28. The summed E-state index contributed by atoms with van der Waals surface area (Å²) < 4.78 is 50.1. The minimum Gasteiger partial charge on any atom is -0.493 e. The van der Waals surface area contributed by atoms with Crippen LogP contribution in [0.15, 0.2) is 40.9 Å². The summed E-state index contributed by atoms with van der Waals surface area (Å²) in [6, 6.07) is 10.7. The SMILES string of the molecule is CC.CC(=O)O.CCCc1c(OCCCC(=O)NCc2cccc(C)c2)ccc2c(C(F)(F)F)noc12. The highest BCUT2D eigenvalue weighted by molar-refractivity contribution is 5.85. The number of ether oxygens (including phenoxy) is 1. The van der Waals surface area contributed by atoms with Crippen LogP contribution in [-0.2, 0) is 28.7 Å². The lowest BCUT2D eigenvalue weighted by Crippen LogP contribution is -2.23. The van der Waals surface area contributed by atoms with E-state index in [0.717, 1.165) is 18.1 Å². The van der Waals surface area contributed by atoms with Crippen molar-refractivity contribution in [2.45, 2.75) is 73.0 Å². The lowest BCUT2D eigenvalue weighted by molar-refractivity contribution is -0.141. The molecule has 7 nitrogen and oxygen atoms in total. The fourth-order valence-electron chi connectivity index (χ4n) is 3.39. The van der Waals surface area contributed by atoms with Gasteiger partial charge in [0, 0.05) is 25.5 Å². The molecule has 3 aromatic rings. The molecule has 0 aliphatic rings. The van der Waals surface area contributed by atoms with E-state index in [9.17, 15) is 18.0 Å². The van der Waals surface area contributed by atoms with Gasteiger partial charge in [-0.15, -0.1) is 0 Å². The summed E-state index contributed by atoms with van der Waals surface area (Å²) in [6.07, 6.45) is -2.61. The second kappa shape index (κ2) is 15.5. The minimum atomic E-state index is -4.58. The Balaban J connectivity index is 0.00000104. The smallest absolute Gasteiger partial charge is 0.437 e. The van der Waals surface area contributed by atoms with Crippen molar-refractivity contribution >= 4 is 22.8 Å². The summed E-state index contributed by atoms with van der Waals surface area (Å²) in [5, 5.41) is 13.4. The molecule has 0 aliphatic carbocycles. The van der Waals surface area contributed by atoms with Gasteiger partial charge in [0.05, 0.1) is 12.0 Å². The number of benzene rings is 2. The maximum atomic E-state index is 13.1. The van der Waals surface area contributed by atoms with E-state index < -0.39 is 17.8 Å². The number of aryl methyl sites for hydroxylation is 2. The van der Waals surface area contributed by atoms with Gasteiger partial charge in [-0.1, -0.05) is 62.2 Å². The Morgan fingerprint density at radius 1 is 1.16 bits per heavy atom. The van der Waals surface area contributed by atoms with Gasteiger partial charge in [0.1, 0.15) is 5.75 Å². The molecule has 0 fully saturated rings. The van der Waals surface area contributed by atoms with Gasteiger partial charge in [-0.3, -0.25) is 9.59 Å². The van der Waals surface area contributed by atoms with Crippen LogP contribution in [0.4, 0.5) is 13.2 Å². The molecule has 3 rings (SSSR count). The van der Waals surface area contributed by atoms with Crippen molar-refractivity contribution in [3.05, 3.63) is 58.8 Å². The van der Waals surface area contributed by atoms with Crippen LogP contribution < -0.4 is 10.1 Å². The number of carbonyl (C=O) groups is 2. The number of nitrogens with zero attached hydrogens (tertiary/aromatic N) is 1. The van der Waals surface area contributed by atoms with Crippen LogP contribution in [0, 0.1) is 6.92 Å². The number of aromatic nitrogens is 1. The molecule has 0 aliphatic heterocycles. The highest BCUT2D eigenvalue weighted by Crippen LogP contribution is 2.38. The normalized spacial score (nSPS) is 10.6. The zero-order valence-corrected chi connectivity index (χ0v) is 21.9. The second-order valence-corrected chi connectivity index (χ2v) is 7.93. The number of fused-ring (bicyclic) bond motifs is 1. The van der Waals surface area contributed by atoms with Crippen molar-refractivity contribution in [1.29, 1.82) is 0 Å². The van der Waals surface area contributed by atoms with Crippen molar-refractivity contribution in [3.63, 3.8) is 0 Å². The van der Waals surface area contributed by atoms with Crippen LogP contribution in [0.3, 0.4) is 0 Å². The van der Waals surface area contributed by atoms with Gasteiger partial charge in [-0.25, -0.2) is 0 Å². The highest BCUT2D eigenvalue weighted by Gasteiger charge is 2.37. The number of carbonyl (C=O) groups excluding carboxylic acids is 1. The van der Waals surface area contributed by atoms with Crippen molar-refractivity contribution in [1.82, 2.24) is 10.5 Å². The Labute approximate surface area is 215 Å². The Morgan fingerprint density at radius 3 is 2.43 bits per heavy atom. The average molecular weight is 525 g/mol. The maximum Gasteiger partial charge on any atom is 0.437 e. The van der Waals surface area contributed by atoms with E-state index in [1.54, 1.807) is 0 Å². The van der Waals surface area contributed by atoms with Gasteiger partial charge < -0.3 is 19.7 Å². The predicted molar refractivity (Wildman–Crippen MR) is 135 cm³/mol. The molecule has 0 unspecified atom stereocenters. The Hall–Kier alpha value is -3.56. The van der Waals surface area contributed by atoms with Crippen LogP contribution in [-0.4, -0.2) is 28.7 Å². The first-order valence-corrected chi connectivity index (χ1v) is 12.2. The number of carboxylic acid groups (broad SMARTS) is 1. The third-order valence-corrected chi connectivity index (χ3v) is 4.85. The highest BCUT2D eigenvalue weighted by atomic mass is 19.4. The van der Waals surface area contributed by atoms with Crippen molar-refractivity contribution in [3.8, 4) is 5.75 Å². The van der Waals surface area contributed by atoms with E-state index >= 15 is 0 Å². The van der Waals surface area contributed by atoms with Crippen LogP contribution in [0.25, 0.3) is 11.0 Å². The molecular formula is C27H35F3N2O5. The van der Waals surface area contributed by atoms with Gasteiger partial charge >= 0.3 is 6.18 Å². The molecule has 0 atom stereocenters. The monoisotopic (exact) mass is 524 g/mol. The van der Waals surface area contributed by atoms with Crippen molar-refractivity contribution in [2.24, 2.45) is 0 Å². The summed E-state index contributed by atoms with van der Waals surface area (Å²) in [4.78, 5) is 21.1. The maximum absolute atomic E-state index is 13.1. The van der Waals surface area contributed by atoms with Gasteiger partial charge in [0.25, 0.3) is 5.97 Å². The van der Waals surface area contributed by atoms with E-state index in [1.807, 2.05) is 52.0 Å². The second-order valence-electron chi connectivity index (χ2n) is 7.93. The summed E-state index contributed by atoms with van der Waals surface area (Å²) in [5.74, 6) is -0.459. The van der Waals surface area contributed by atoms with E-state index in [1.165, 1.54) is 12.1 Å². The molecule has 204 valence electrons. The Bertz CT molecular complexity index is 1140. The Morgan fingerprint density at radius 2 is 1.84 bits per heavy atom. The van der Waals surface area contributed by atoms with Crippen molar-refractivity contribution < 1.29 is 37.1 Å². The molecule has 10 heteroatoms. The van der Waals surface area contributed by atoms with Crippen LogP contribution >= 0.6 is 0 Å². The summed E-state index contributed by atoms with van der Waals surface area (Å²) >= 11 is 0. The molecule has 1 amide bonds. The predicted octanol–water partition coefficient (Wildman–Crippen LogP) is 6.70. The van der Waals surface area contributed by atoms with E-state index in [0.29, 0.717) is 37.1 Å². The number of alkyl halides is 3. The Kier molecular flexibility index (Phi) is 13.2. The van der Waals surface area contributed by atoms with Gasteiger partial charge in [0.2, 0.25) is 5.91 Å². The molecule has 0 saturated carbocycles. The number of nitrogens with one attached hydrogen (secondary N) is 1. The zero-order chi connectivity index (χ0) is 28.0. The molecule has 0 spiro atoms. The fraction of sp³-hybridized carbons (Fsp3) is 0.444. The molecule has 2 aromatic carbocycles. The van der Waals surface area contributed by atoms with Gasteiger partial charge in [-0.05, 0) is 37.5 Å². The number of hydrogen-bond acceptors (Lipinski definition) is 5. The quantitative estimate of drug-likeness (QED) is 0.302. The molecule has 0 saturated heterocycles. The van der Waals surface area contributed by atoms with Crippen LogP contribution in [0.1, 0.15) is 69.3 Å². The van der Waals surface area contributed by atoms with E-state index in [-0.39, 0.29) is 29.9 Å². The van der Waals surface area contributed by atoms with Gasteiger partial charge in [0.15, 0.2) is 11.3 Å². The van der Waals surface area contributed by atoms with Crippen LogP contribution in [0.5, 0.6) is 5.75 Å². The first kappa shape index (κ1) is 31.5. The molecule has 0 radical (unpaired) electrons. The van der Waals surface area contributed by atoms with Gasteiger partial charge in [-0.2, -0.15) is 13.2 Å². The topological polar surface area (TPSA) is 102 Å². The number of rotatable bonds is 9. The van der Waals surface area contributed by atoms with Crippen LogP contribution in [0.2, 0.25) is 0 Å². The van der Waals surface area contributed by atoms with E-state index in [4.69, 9.17) is 19.2 Å². The number of aliphatic carboxylic acids is 1. The van der Waals surface area contributed by atoms with Crippen molar-refractivity contribution in [2.75, 3.05) is 6.61 Å². The third kappa shape index (κ3) is 10.5. The first-order chi connectivity index (χ1) is 17.5. The fourth-order valence-corrected chi connectivity index (χ4v) is 3.39.